The van der Waals surface area contributed by atoms with E-state index in [4.69, 9.17) is 4.74 Å². The number of hydrogen-bond donors (Lipinski definition) is 2. The zero-order valence-corrected chi connectivity index (χ0v) is 19.7. The number of benzene rings is 2. The lowest BCUT2D eigenvalue weighted by Crippen LogP contribution is -2.30. The molecule has 0 aliphatic rings. The van der Waals surface area contributed by atoms with Crippen LogP contribution in [0.5, 0.6) is 5.75 Å². The molecule has 35 heavy (non-hydrogen) atoms. The van der Waals surface area contributed by atoms with E-state index in [-0.39, 0.29) is 18.4 Å². The van der Waals surface area contributed by atoms with Crippen LogP contribution in [0.25, 0.3) is 5.65 Å². The van der Waals surface area contributed by atoms with E-state index < -0.39 is 0 Å². The third kappa shape index (κ3) is 6.32. The highest BCUT2D eigenvalue weighted by Crippen LogP contribution is 2.14. The molecule has 4 aromatic rings. The van der Waals surface area contributed by atoms with Crippen LogP contribution in [0.3, 0.4) is 0 Å². The molecular weight excluding hydrogens is 442 g/mol. The first kappa shape index (κ1) is 23.7. The predicted octanol–water partition coefficient (Wildman–Crippen LogP) is 3.45. The van der Waals surface area contributed by atoms with Crippen LogP contribution >= 0.6 is 0 Å². The summed E-state index contributed by atoms with van der Waals surface area (Å²) >= 11 is 0. The fraction of sp³-hybridized carbons (Fsp3) is 0.185. The first-order valence-electron chi connectivity index (χ1n) is 11.3. The highest BCUT2D eigenvalue weighted by atomic mass is 16.5. The molecule has 4 rings (SSSR count). The van der Waals surface area contributed by atoms with E-state index in [2.05, 4.69) is 20.8 Å². The highest BCUT2D eigenvalue weighted by molar-refractivity contribution is 5.95. The number of hydrazone groups is 1. The van der Waals surface area contributed by atoms with Crippen LogP contribution < -0.4 is 15.5 Å². The van der Waals surface area contributed by atoms with Gasteiger partial charge in [0.25, 0.3) is 11.8 Å². The maximum atomic E-state index is 12.7. The molecule has 0 saturated carbocycles. The number of amides is 2. The van der Waals surface area contributed by atoms with Gasteiger partial charge in [0, 0.05) is 12.7 Å². The summed E-state index contributed by atoms with van der Waals surface area (Å²) in [6.45, 7) is 4.25. The van der Waals surface area contributed by atoms with E-state index >= 15 is 0 Å². The maximum Gasteiger partial charge on any atom is 0.290 e. The number of carbonyl (C=O) groups is 2. The summed E-state index contributed by atoms with van der Waals surface area (Å²) in [7, 11) is 0. The second-order valence-electron chi connectivity index (χ2n) is 8.12. The van der Waals surface area contributed by atoms with Crippen molar-refractivity contribution in [1.29, 1.82) is 0 Å². The smallest absolute Gasteiger partial charge is 0.290 e. The van der Waals surface area contributed by atoms with Crippen molar-refractivity contribution >= 4 is 23.7 Å². The molecular formula is C27H27N5O3. The van der Waals surface area contributed by atoms with Crippen molar-refractivity contribution in [1.82, 2.24) is 20.1 Å². The van der Waals surface area contributed by atoms with Gasteiger partial charge >= 0.3 is 0 Å². The van der Waals surface area contributed by atoms with E-state index in [0.717, 1.165) is 17.5 Å². The molecule has 2 N–H and O–H groups in total. The van der Waals surface area contributed by atoms with Crippen molar-refractivity contribution in [3.63, 3.8) is 0 Å². The first-order valence-corrected chi connectivity index (χ1v) is 11.3. The fourth-order valence-corrected chi connectivity index (χ4v) is 3.60. The molecule has 8 heteroatoms. The molecule has 0 aliphatic carbocycles. The molecule has 2 amide bonds. The Hall–Kier alpha value is -4.46. The van der Waals surface area contributed by atoms with E-state index in [1.54, 1.807) is 41.8 Å². The number of imidazole rings is 1. The molecule has 0 spiro atoms. The quantitative estimate of drug-likeness (QED) is 0.290. The molecule has 0 aliphatic heterocycles. The minimum absolute atomic E-state index is 0.0591. The lowest BCUT2D eigenvalue weighted by molar-refractivity contribution is -0.123. The molecule has 0 saturated heterocycles. The van der Waals surface area contributed by atoms with Gasteiger partial charge in [-0.1, -0.05) is 36.4 Å². The molecule has 0 bridgehead atoms. The molecule has 0 radical (unpaired) electrons. The first-order chi connectivity index (χ1) is 17.0. The number of ether oxygens (including phenoxy) is 1. The number of aromatic nitrogens is 2. The predicted molar refractivity (Wildman–Crippen MR) is 135 cm³/mol. The van der Waals surface area contributed by atoms with Crippen LogP contribution in [0.15, 0.2) is 78.0 Å². The minimum Gasteiger partial charge on any atom is -0.484 e. The summed E-state index contributed by atoms with van der Waals surface area (Å²) in [6, 6.07) is 20.9. The number of fused-ring (bicyclic) bond motifs is 1. The molecule has 2 heterocycles. The van der Waals surface area contributed by atoms with Crippen LogP contribution in [0.4, 0.5) is 0 Å². The average Bonchev–Trinajstić information content (AvgIpc) is 3.19. The van der Waals surface area contributed by atoms with Gasteiger partial charge in [0.2, 0.25) is 0 Å². The van der Waals surface area contributed by atoms with Gasteiger partial charge in [-0.25, -0.2) is 10.4 Å². The van der Waals surface area contributed by atoms with Crippen LogP contribution in [0.2, 0.25) is 0 Å². The maximum absolute atomic E-state index is 12.7. The van der Waals surface area contributed by atoms with E-state index in [1.165, 1.54) is 5.56 Å². The molecule has 0 unspecified atom stereocenters. The average molecular weight is 470 g/mol. The van der Waals surface area contributed by atoms with Gasteiger partial charge in [0.1, 0.15) is 17.1 Å². The summed E-state index contributed by atoms with van der Waals surface area (Å²) in [4.78, 5) is 29.1. The Bertz CT molecular complexity index is 1340. The number of aryl methyl sites for hydroxylation is 2. The zero-order chi connectivity index (χ0) is 24.6. The second-order valence-corrected chi connectivity index (χ2v) is 8.12. The molecule has 2 aromatic heterocycles. The van der Waals surface area contributed by atoms with E-state index in [1.807, 2.05) is 55.6 Å². The SMILES string of the molecule is Cc1ccc2nc(C)c(C(=O)N/N=C\c3ccc(OCC(=O)NCCc4ccccc4)cc3)n2c1. The number of nitrogens with one attached hydrogen (secondary N) is 2. The second kappa shape index (κ2) is 11.1. The lowest BCUT2D eigenvalue weighted by atomic mass is 10.1. The summed E-state index contributed by atoms with van der Waals surface area (Å²) < 4.78 is 7.31. The van der Waals surface area contributed by atoms with Crippen LogP contribution in [-0.2, 0) is 11.2 Å². The van der Waals surface area contributed by atoms with Gasteiger partial charge < -0.3 is 10.1 Å². The van der Waals surface area contributed by atoms with Crippen LogP contribution in [0.1, 0.15) is 32.9 Å². The minimum atomic E-state index is -0.338. The number of carbonyl (C=O) groups excluding carboxylic acids is 2. The third-order valence-corrected chi connectivity index (χ3v) is 5.36. The summed E-state index contributed by atoms with van der Waals surface area (Å²) in [5.41, 5.74) is 7.33. The Labute approximate surface area is 203 Å². The Morgan fingerprint density at radius 1 is 1.03 bits per heavy atom. The largest absolute Gasteiger partial charge is 0.484 e. The Kier molecular flexibility index (Phi) is 7.52. The van der Waals surface area contributed by atoms with Crippen molar-refractivity contribution < 1.29 is 14.3 Å². The van der Waals surface area contributed by atoms with Crippen molar-refractivity contribution in [2.24, 2.45) is 5.10 Å². The van der Waals surface area contributed by atoms with Gasteiger partial charge in [-0.2, -0.15) is 5.10 Å². The van der Waals surface area contributed by atoms with Gasteiger partial charge in [-0.05, 0) is 67.3 Å². The third-order valence-electron chi connectivity index (χ3n) is 5.36. The highest BCUT2D eigenvalue weighted by Gasteiger charge is 2.16. The summed E-state index contributed by atoms with van der Waals surface area (Å²) in [6.07, 6.45) is 4.19. The zero-order valence-electron chi connectivity index (χ0n) is 19.7. The van der Waals surface area contributed by atoms with Crippen LogP contribution in [0, 0.1) is 13.8 Å². The van der Waals surface area contributed by atoms with Crippen molar-refractivity contribution in [3.05, 3.63) is 101 Å². The fourth-order valence-electron chi connectivity index (χ4n) is 3.60. The standard InChI is InChI=1S/C27H27N5O3/c1-19-8-13-24-30-20(2)26(32(24)17-19)27(34)31-29-16-22-9-11-23(12-10-22)35-18-25(33)28-15-14-21-6-4-3-5-7-21/h3-13,16-17H,14-15,18H2,1-2H3,(H,28,33)(H,31,34)/b29-16-. The van der Waals surface area contributed by atoms with Gasteiger partial charge in [-0.3, -0.25) is 14.0 Å². The summed E-state index contributed by atoms with van der Waals surface area (Å²) in [5, 5.41) is 6.91. The molecule has 2 aromatic carbocycles. The van der Waals surface area contributed by atoms with Crippen molar-refractivity contribution in [2.45, 2.75) is 20.3 Å². The van der Waals surface area contributed by atoms with Gasteiger partial charge in [0.15, 0.2) is 6.61 Å². The monoisotopic (exact) mass is 469 g/mol. The van der Waals surface area contributed by atoms with Gasteiger partial charge in [-0.15, -0.1) is 0 Å². The number of rotatable bonds is 9. The lowest BCUT2D eigenvalue weighted by Gasteiger charge is -2.08. The molecule has 178 valence electrons. The number of pyridine rings is 1. The van der Waals surface area contributed by atoms with E-state index in [0.29, 0.717) is 29.3 Å². The Morgan fingerprint density at radius 2 is 1.80 bits per heavy atom. The summed E-state index contributed by atoms with van der Waals surface area (Å²) in [5.74, 6) is 0.0587. The molecule has 0 fully saturated rings. The van der Waals surface area contributed by atoms with Gasteiger partial charge in [0.05, 0.1) is 11.9 Å². The number of nitrogens with zero attached hydrogens (tertiary/aromatic N) is 3. The van der Waals surface area contributed by atoms with E-state index in [9.17, 15) is 9.59 Å². The number of hydrogen-bond acceptors (Lipinski definition) is 5. The molecule has 0 atom stereocenters. The van der Waals surface area contributed by atoms with Crippen LogP contribution in [-0.4, -0.2) is 40.6 Å². The Morgan fingerprint density at radius 3 is 2.57 bits per heavy atom. The molecule has 8 nitrogen and oxygen atoms in total. The Balaban J connectivity index is 1.24. The normalized spacial score (nSPS) is 11.0. The topological polar surface area (TPSA) is 97.1 Å². The van der Waals surface area contributed by atoms with Crippen molar-refractivity contribution in [3.8, 4) is 5.75 Å². The van der Waals surface area contributed by atoms with Crippen molar-refractivity contribution in [2.75, 3.05) is 13.2 Å².